The topological polar surface area (TPSA) is 54.0 Å². The van der Waals surface area contributed by atoms with Gasteiger partial charge in [0.2, 0.25) is 0 Å². The largest absolute Gasteiger partial charge is 0.379 e. The normalized spacial score (nSPS) is 10.9. The predicted molar refractivity (Wildman–Crippen MR) is 78.1 cm³/mol. The van der Waals surface area contributed by atoms with Crippen LogP contribution in [0.25, 0.3) is 0 Å². The molecule has 5 nitrogen and oxygen atoms in total. The van der Waals surface area contributed by atoms with E-state index in [9.17, 15) is 4.79 Å². The van der Waals surface area contributed by atoms with Crippen molar-refractivity contribution in [3.63, 3.8) is 0 Å². The van der Waals surface area contributed by atoms with Crippen LogP contribution in [0, 0.1) is 0 Å². The zero-order valence-electron chi connectivity index (χ0n) is 13.0. The first-order valence-corrected chi connectivity index (χ1v) is 7.63. The molecular formula is C15H30O5. The van der Waals surface area contributed by atoms with Gasteiger partial charge in [-0.1, -0.05) is 20.3 Å². The summed E-state index contributed by atoms with van der Waals surface area (Å²) in [5, 5.41) is 0. The van der Waals surface area contributed by atoms with Gasteiger partial charge in [-0.25, -0.2) is 0 Å². The van der Waals surface area contributed by atoms with Crippen LogP contribution in [0.2, 0.25) is 0 Å². The maximum absolute atomic E-state index is 11.1. The van der Waals surface area contributed by atoms with Crippen molar-refractivity contribution in [3.05, 3.63) is 0 Å². The number of Topliss-reactive ketones (excluding diaryl/α,β-unsaturated/α-hetero) is 1. The molecule has 0 aromatic heterocycles. The average molecular weight is 290 g/mol. The Kier molecular flexibility index (Phi) is 16.2. The van der Waals surface area contributed by atoms with Gasteiger partial charge in [-0.15, -0.1) is 0 Å². The number of ketones is 1. The summed E-state index contributed by atoms with van der Waals surface area (Å²) in [6, 6.07) is 0. The maximum Gasteiger partial charge on any atom is 0.158 e. The zero-order chi connectivity index (χ0) is 14.9. The van der Waals surface area contributed by atoms with E-state index in [1.165, 1.54) is 0 Å². The van der Waals surface area contributed by atoms with Crippen molar-refractivity contribution in [1.29, 1.82) is 0 Å². The fraction of sp³-hybridized carbons (Fsp3) is 0.933. The highest BCUT2D eigenvalue weighted by molar-refractivity contribution is 5.79. The molecule has 20 heavy (non-hydrogen) atoms. The molecule has 0 fully saturated rings. The smallest absolute Gasteiger partial charge is 0.158 e. The van der Waals surface area contributed by atoms with Gasteiger partial charge in [0.05, 0.1) is 39.6 Å². The quantitative estimate of drug-likeness (QED) is 0.408. The van der Waals surface area contributed by atoms with Crippen LogP contribution in [0.5, 0.6) is 0 Å². The highest BCUT2D eigenvalue weighted by Gasteiger charge is 1.99. The van der Waals surface area contributed by atoms with Gasteiger partial charge in [-0.2, -0.15) is 0 Å². The molecule has 0 aromatic rings. The van der Waals surface area contributed by atoms with Gasteiger partial charge in [0.15, 0.2) is 5.78 Å². The number of rotatable bonds is 16. The van der Waals surface area contributed by atoms with E-state index < -0.39 is 0 Å². The Hall–Kier alpha value is -0.490. The molecule has 0 heterocycles. The average Bonchev–Trinajstić information content (AvgIpc) is 2.44. The van der Waals surface area contributed by atoms with Crippen LogP contribution < -0.4 is 0 Å². The minimum absolute atomic E-state index is 0.152. The third kappa shape index (κ3) is 15.6. The van der Waals surface area contributed by atoms with Crippen LogP contribution in [0.15, 0.2) is 0 Å². The first-order valence-electron chi connectivity index (χ1n) is 7.63. The molecule has 0 aliphatic heterocycles. The van der Waals surface area contributed by atoms with Crippen LogP contribution in [0.1, 0.15) is 39.5 Å². The van der Waals surface area contributed by atoms with Crippen molar-refractivity contribution in [2.24, 2.45) is 0 Å². The number of carbonyl (C=O) groups is 1. The molecule has 0 rings (SSSR count). The third-order valence-corrected chi connectivity index (χ3v) is 2.55. The van der Waals surface area contributed by atoms with Gasteiger partial charge in [-0.05, 0) is 12.8 Å². The SMILES string of the molecule is CCCCOCCOCCOCCOCC(=O)CCC. The number of ether oxygens (including phenoxy) is 4. The molecule has 5 heteroatoms. The second-order valence-corrected chi connectivity index (χ2v) is 4.53. The third-order valence-electron chi connectivity index (χ3n) is 2.55. The van der Waals surface area contributed by atoms with Gasteiger partial charge in [-0.3, -0.25) is 4.79 Å². The Bertz CT molecular complexity index is 208. The van der Waals surface area contributed by atoms with Gasteiger partial charge in [0, 0.05) is 13.0 Å². The molecule has 0 aliphatic rings. The van der Waals surface area contributed by atoms with Gasteiger partial charge in [0.25, 0.3) is 0 Å². The van der Waals surface area contributed by atoms with Gasteiger partial charge < -0.3 is 18.9 Å². The standard InChI is InChI=1S/C15H30O5/c1-3-5-7-17-8-9-18-10-11-19-12-13-20-14-15(16)6-4-2/h3-14H2,1-2H3. The Morgan fingerprint density at radius 2 is 1.20 bits per heavy atom. The van der Waals surface area contributed by atoms with E-state index in [1.807, 2.05) is 6.92 Å². The lowest BCUT2D eigenvalue weighted by Gasteiger charge is -2.07. The molecule has 0 saturated carbocycles. The number of unbranched alkanes of at least 4 members (excludes halogenated alkanes) is 1. The highest BCUT2D eigenvalue weighted by atomic mass is 16.6. The monoisotopic (exact) mass is 290 g/mol. The summed E-state index contributed by atoms with van der Waals surface area (Å²) in [5.41, 5.74) is 0. The van der Waals surface area contributed by atoms with E-state index >= 15 is 0 Å². The maximum atomic E-state index is 11.1. The number of hydrogen-bond acceptors (Lipinski definition) is 5. The van der Waals surface area contributed by atoms with E-state index in [0.29, 0.717) is 46.1 Å². The number of hydrogen-bond donors (Lipinski definition) is 0. The molecule has 0 atom stereocenters. The van der Waals surface area contributed by atoms with Crippen LogP contribution in [0.4, 0.5) is 0 Å². The Morgan fingerprint density at radius 1 is 0.700 bits per heavy atom. The van der Waals surface area contributed by atoms with Crippen molar-refractivity contribution in [1.82, 2.24) is 0 Å². The first-order chi connectivity index (χ1) is 9.81. The molecule has 0 aromatic carbocycles. The van der Waals surface area contributed by atoms with Crippen molar-refractivity contribution >= 4 is 5.78 Å². The molecule has 120 valence electrons. The van der Waals surface area contributed by atoms with E-state index in [4.69, 9.17) is 18.9 Å². The lowest BCUT2D eigenvalue weighted by molar-refractivity contribution is -0.124. The summed E-state index contributed by atoms with van der Waals surface area (Å²) in [7, 11) is 0. The fourth-order valence-electron chi connectivity index (χ4n) is 1.44. The van der Waals surface area contributed by atoms with Gasteiger partial charge in [0.1, 0.15) is 6.61 Å². The lowest BCUT2D eigenvalue weighted by atomic mass is 10.2. The zero-order valence-corrected chi connectivity index (χ0v) is 13.0. The minimum Gasteiger partial charge on any atom is -0.379 e. The second-order valence-electron chi connectivity index (χ2n) is 4.53. The molecule has 0 aliphatic carbocycles. The summed E-state index contributed by atoms with van der Waals surface area (Å²) >= 11 is 0. The molecular weight excluding hydrogens is 260 g/mol. The van der Waals surface area contributed by atoms with Crippen LogP contribution in [0.3, 0.4) is 0 Å². The van der Waals surface area contributed by atoms with Crippen molar-refractivity contribution in [3.8, 4) is 0 Å². The molecule has 0 saturated heterocycles. The van der Waals surface area contributed by atoms with Crippen molar-refractivity contribution in [2.45, 2.75) is 39.5 Å². The summed E-state index contributed by atoms with van der Waals surface area (Å²) < 4.78 is 21.2. The molecule has 0 amide bonds. The van der Waals surface area contributed by atoms with E-state index in [0.717, 1.165) is 25.9 Å². The van der Waals surface area contributed by atoms with Crippen LogP contribution in [-0.4, -0.2) is 58.6 Å². The Balaban J connectivity index is 3.01. The Labute approximate surface area is 122 Å². The molecule has 0 unspecified atom stereocenters. The van der Waals surface area contributed by atoms with Crippen molar-refractivity contribution in [2.75, 3.05) is 52.9 Å². The predicted octanol–water partition coefficient (Wildman–Crippen LogP) is 2.22. The molecule has 0 bridgehead atoms. The second kappa shape index (κ2) is 16.6. The van der Waals surface area contributed by atoms with Crippen molar-refractivity contribution < 1.29 is 23.7 Å². The Morgan fingerprint density at radius 3 is 1.70 bits per heavy atom. The summed E-state index contributed by atoms with van der Waals surface area (Å²) in [4.78, 5) is 11.1. The first kappa shape index (κ1) is 19.5. The van der Waals surface area contributed by atoms with E-state index in [1.54, 1.807) is 0 Å². The summed E-state index contributed by atoms with van der Waals surface area (Å²) in [6.45, 7) is 8.43. The van der Waals surface area contributed by atoms with E-state index in [2.05, 4.69) is 6.92 Å². The van der Waals surface area contributed by atoms with Crippen LogP contribution in [-0.2, 0) is 23.7 Å². The summed E-state index contributed by atoms with van der Waals surface area (Å²) in [5.74, 6) is 0.152. The molecule has 0 radical (unpaired) electrons. The van der Waals surface area contributed by atoms with Crippen LogP contribution >= 0.6 is 0 Å². The lowest BCUT2D eigenvalue weighted by Crippen LogP contribution is -2.14. The minimum atomic E-state index is 0.152. The van der Waals surface area contributed by atoms with Gasteiger partial charge >= 0.3 is 0 Å². The molecule has 0 spiro atoms. The highest BCUT2D eigenvalue weighted by Crippen LogP contribution is 1.90. The number of carbonyl (C=O) groups excluding carboxylic acids is 1. The fourth-order valence-corrected chi connectivity index (χ4v) is 1.44. The molecule has 0 N–H and O–H groups in total. The summed E-state index contributed by atoms with van der Waals surface area (Å²) in [6.07, 6.45) is 3.72. The van der Waals surface area contributed by atoms with E-state index in [-0.39, 0.29) is 12.4 Å².